The molecule has 0 spiro atoms. The summed E-state index contributed by atoms with van der Waals surface area (Å²) < 4.78 is 0.915. The van der Waals surface area contributed by atoms with Crippen molar-refractivity contribution in [1.29, 1.82) is 0 Å². The molecule has 0 bridgehead atoms. The van der Waals surface area contributed by atoms with E-state index in [0.717, 1.165) is 21.4 Å². The SMILES string of the molecule is O=C(Cc1nnc(NC(=O)Nc2ccc(Br)cc2)s1)N/N=C\c1ccccc1. The van der Waals surface area contributed by atoms with Gasteiger partial charge in [0, 0.05) is 10.2 Å². The zero-order valence-corrected chi connectivity index (χ0v) is 16.8. The highest BCUT2D eigenvalue weighted by atomic mass is 79.9. The number of nitrogens with one attached hydrogen (secondary N) is 3. The Morgan fingerprint density at radius 3 is 2.54 bits per heavy atom. The predicted molar refractivity (Wildman–Crippen MR) is 113 cm³/mol. The number of urea groups is 1. The van der Waals surface area contributed by atoms with Gasteiger partial charge in [-0.25, -0.2) is 10.2 Å². The number of amides is 3. The highest BCUT2D eigenvalue weighted by molar-refractivity contribution is 9.10. The van der Waals surface area contributed by atoms with Crippen LogP contribution in [0, 0.1) is 0 Å². The summed E-state index contributed by atoms with van der Waals surface area (Å²) in [6, 6.07) is 16.1. The minimum Gasteiger partial charge on any atom is -0.308 e. The molecule has 1 heterocycles. The Balaban J connectivity index is 1.46. The number of rotatable bonds is 6. The second-order valence-electron chi connectivity index (χ2n) is 5.47. The molecule has 0 radical (unpaired) electrons. The van der Waals surface area contributed by atoms with Gasteiger partial charge in [-0.15, -0.1) is 10.2 Å². The highest BCUT2D eigenvalue weighted by Crippen LogP contribution is 2.17. The second-order valence-corrected chi connectivity index (χ2v) is 7.45. The summed E-state index contributed by atoms with van der Waals surface area (Å²) in [6.45, 7) is 0. The summed E-state index contributed by atoms with van der Waals surface area (Å²) in [5, 5.41) is 17.7. The van der Waals surface area contributed by atoms with Crippen molar-refractivity contribution >= 4 is 56.2 Å². The van der Waals surface area contributed by atoms with E-state index in [1.165, 1.54) is 0 Å². The molecule has 3 N–H and O–H groups in total. The van der Waals surface area contributed by atoms with Crippen LogP contribution in [-0.2, 0) is 11.2 Å². The van der Waals surface area contributed by atoms with Crippen LogP contribution in [0.2, 0.25) is 0 Å². The Kier molecular flexibility index (Phi) is 6.82. The number of carbonyl (C=O) groups excluding carboxylic acids is 2. The Labute approximate surface area is 173 Å². The molecule has 0 unspecified atom stereocenters. The van der Waals surface area contributed by atoms with Gasteiger partial charge in [0.05, 0.1) is 12.6 Å². The molecule has 3 aromatic rings. The molecule has 10 heteroatoms. The van der Waals surface area contributed by atoms with E-state index in [0.29, 0.717) is 15.8 Å². The summed E-state index contributed by atoms with van der Waals surface area (Å²) in [7, 11) is 0. The predicted octanol–water partition coefficient (Wildman–Crippen LogP) is 3.64. The van der Waals surface area contributed by atoms with Crippen LogP contribution in [-0.4, -0.2) is 28.4 Å². The van der Waals surface area contributed by atoms with Crippen LogP contribution in [0.5, 0.6) is 0 Å². The molecule has 0 saturated carbocycles. The van der Waals surface area contributed by atoms with Crippen molar-refractivity contribution in [3.05, 3.63) is 69.6 Å². The van der Waals surface area contributed by atoms with Gasteiger partial charge in [-0.1, -0.05) is 57.6 Å². The van der Waals surface area contributed by atoms with Crippen LogP contribution in [0.15, 0.2) is 64.2 Å². The smallest absolute Gasteiger partial charge is 0.308 e. The number of anilines is 2. The van der Waals surface area contributed by atoms with Crippen LogP contribution in [0.3, 0.4) is 0 Å². The lowest BCUT2D eigenvalue weighted by Crippen LogP contribution is -2.19. The number of nitrogens with zero attached hydrogens (tertiary/aromatic N) is 3. The van der Waals surface area contributed by atoms with E-state index >= 15 is 0 Å². The van der Waals surface area contributed by atoms with Crippen molar-refractivity contribution in [3.8, 4) is 0 Å². The van der Waals surface area contributed by atoms with Gasteiger partial charge in [0.25, 0.3) is 0 Å². The van der Waals surface area contributed by atoms with Crippen molar-refractivity contribution < 1.29 is 9.59 Å². The van der Waals surface area contributed by atoms with E-state index in [9.17, 15) is 9.59 Å². The van der Waals surface area contributed by atoms with Crippen molar-refractivity contribution in [2.24, 2.45) is 5.10 Å². The van der Waals surface area contributed by atoms with Gasteiger partial charge < -0.3 is 5.32 Å². The fourth-order valence-electron chi connectivity index (χ4n) is 2.06. The minimum atomic E-state index is -0.443. The van der Waals surface area contributed by atoms with Gasteiger partial charge >= 0.3 is 6.03 Å². The zero-order valence-electron chi connectivity index (χ0n) is 14.4. The number of halogens is 1. The number of benzene rings is 2. The monoisotopic (exact) mass is 458 g/mol. The number of hydrazone groups is 1. The third-order valence-electron chi connectivity index (χ3n) is 3.30. The van der Waals surface area contributed by atoms with Gasteiger partial charge in [0.2, 0.25) is 11.0 Å². The van der Waals surface area contributed by atoms with E-state index in [-0.39, 0.29) is 12.3 Å². The van der Waals surface area contributed by atoms with Crippen molar-refractivity contribution in [3.63, 3.8) is 0 Å². The summed E-state index contributed by atoms with van der Waals surface area (Å²) in [5.41, 5.74) is 3.95. The van der Waals surface area contributed by atoms with Gasteiger partial charge in [-0.3, -0.25) is 10.1 Å². The molecule has 3 amide bonds. The Hall–Kier alpha value is -3.11. The maximum Gasteiger partial charge on any atom is 0.325 e. The number of hydrogen-bond donors (Lipinski definition) is 3. The lowest BCUT2D eigenvalue weighted by Gasteiger charge is -2.04. The summed E-state index contributed by atoms with van der Waals surface area (Å²) in [4.78, 5) is 23.9. The Bertz CT molecular complexity index is 975. The second kappa shape index (κ2) is 9.72. The molecular formula is C18H15BrN6O2S. The first-order chi connectivity index (χ1) is 13.6. The third-order valence-corrected chi connectivity index (χ3v) is 4.67. The fraction of sp³-hybridized carbons (Fsp3) is 0.0556. The first-order valence-corrected chi connectivity index (χ1v) is 9.72. The molecule has 0 fully saturated rings. The lowest BCUT2D eigenvalue weighted by atomic mass is 10.2. The quantitative estimate of drug-likeness (QED) is 0.386. The van der Waals surface area contributed by atoms with Gasteiger partial charge in [0.15, 0.2) is 0 Å². The fourth-order valence-corrected chi connectivity index (χ4v) is 3.06. The summed E-state index contributed by atoms with van der Waals surface area (Å²) in [6.07, 6.45) is 1.57. The minimum absolute atomic E-state index is 0.0137. The third kappa shape index (κ3) is 6.25. The molecule has 0 aliphatic heterocycles. The van der Waals surface area contributed by atoms with Crippen molar-refractivity contribution in [2.45, 2.75) is 6.42 Å². The van der Waals surface area contributed by atoms with Crippen LogP contribution in [0.25, 0.3) is 0 Å². The standard InChI is InChI=1S/C18H15BrN6O2S/c19-13-6-8-14(9-7-13)21-17(27)22-18-25-24-16(28-18)10-15(26)23-20-11-12-4-2-1-3-5-12/h1-9,11H,10H2,(H,23,26)(H2,21,22,25,27)/b20-11-. The van der Waals surface area contributed by atoms with E-state index < -0.39 is 6.03 Å². The van der Waals surface area contributed by atoms with Crippen molar-refractivity contribution in [1.82, 2.24) is 15.6 Å². The van der Waals surface area contributed by atoms with E-state index in [1.807, 2.05) is 42.5 Å². The summed E-state index contributed by atoms with van der Waals surface area (Å²) >= 11 is 4.45. The highest BCUT2D eigenvalue weighted by Gasteiger charge is 2.11. The van der Waals surface area contributed by atoms with Crippen molar-refractivity contribution in [2.75, 3.05) is 10.6 Å². The normalized spacial score (nSPS) is 10.6. The molecule has 0 atom stereocenters. The largest absolute Gasteiger partial charge is 0.325 e. The van der Waals surface area contributed by atoms with E-state index in [1.54, 1.807) is 18.3 Å². The Morgan fingerprint density at radius 1 is 1.04 bits per heavy atom. The van der Waals surface area contributed by atoms with E-state index in [2.05, 4.69) is 47.3 Å². The molecule has 2 aromatic carbocycles. The van der Waals surface area contributed by atoms with Crippen LogP contribution < -0.4 is 16.1 Å². The molecule has 0 aliphatic carbocycles. The molecule has 1 aromatic heterocycles. The van der Waals surface area contributed by atoms with E-state index in [4.69, 9.17) is 0 Å². The zero-order chi connectivity index (χ0) is 19.8. The van der Waals surface area contributed by atoms with Crippen LogP contribution in [0.4, 0.5) is 15.6 Å². The Morgan fingerprint density at radius 2 is 1.79 bits per heavy atom. The molecule has 28 heavy (non-hydrogen) atoms. The van der Waals surface area contributed by atoms with Gasteiger partial charge in [-0.2, -0.15) is 5.10 Å². The number of aromatic nitrogens is 2. The number of carbonyl (C=O) groups is 2. The average molecular weight is 459 g/mol. The molecule has 0 saturated heterocycles. The average Bonchev–Trinajstić information content (AvgIpc) is 3.11. The molecule has 3 rings (SSSR count). The van der Waals surface area contributed by atoms with Crippen LogP contribution in [0.1, 0.15) is 10.6 Å². The van der Waals surface area contributed by atoms with Gasteiger partial charge in [0.1, 0.15) is 5.01 Å². The maximum atomic E-state index is 12.0. The molecule has 8 nitrogen and oxygen atoms in total. The first kappa shape index (κ1) is 19.6. The first-order valence-electron chi connectivity index (χ1n) is 8.11. The topological polar surface area (TPSA) is 108 Å². The maximum absolute atomic E-state index is 12.0. The lowest BCUT2D eigenvalue weighted by molar-refractivity contribution is -0.120. The van der Waals surface area contributed by atoms with Gasteiger partial charge in [-0.05, 0) is 29.8 Å². The molecule has 0 aliphatic rings. The number of hydrogen-bond acceptors (Lipinski definition) is 6. The summed E-state index contributed by atoms with van der Waals surface area (Å²) in [5.74, 6) is -0.325. The molecular weight excluding hydrogens is 444 g/mol. The van der Waals surface area contributed by atoms with Crippen LogP contribution >= 0.6 is 27.3 Å². The molecule has 142 valence electrons.